The SMILES string of the molecule is CCCCOc1cccc(N2CCC(C(=O)OC)C2)c1C=O. The van der Waals surface area contributed by atoms with Crippen LogP contribution in [-0.4, -0.2) is 39.1 Å². The van der Waals surface area contributed by atoms with E-state index in [1.807, 2.05) is 18.2 Å². The Balaban J connectivity index is 2.15. The van der Waals surface area contributed by atoms with Gasteiger partial charge in [-0.05, 0) is 25.0 Å². The number of nitrogens with zero attached hydrogens (tertiary/aromatic N) is 1. The predicted molar refractivity (Wildman–Crippen MR) is 84.6 cm³/mol. The number of esters is 1. The van der Waals surface area contributed by atoms with E-state index in [0.717, 1.165) is 37.8 Å². The van der Waals surface area contributed by atoms with E-state index >= 15 is 0 Å². The Morgan fingerprint density at radius 1 is 1.45 bits per heavy atom. The molecular formula is C17H23NO4. The molecule has 2 rings (SSSR count). The molecule has 120 valence electrons. The largest absolute Gasteiger partial charge is 0.493 e. The van der Waals surface area contributed by atoms with Crippen LogP contribution < -0.4 is 9.64 Å². The second-order valence-electron chi connectivity index (χ2n) is 5.46. The summed E-state index contributed by atoms with van der Waals surface area (Å²) in [6.07, 6.45) is 3.58. The standard InChI is InChI=1S/C17H23NO4/c1-3-4-10-22-16-7-5-6-15(14(16)12-19)18-9-8-13(11-18)17(20)21-2/h5-7,12-13H,3-4,8-11H2,1-2H3. The molecule has 0 bridgehead atoms. The van der Waals surface area contributed by atoms with Gasteiger partial charge < -0.3 is 14.4 Å². The molecule has 0 saturated carbocycles. The third-order valence-electron chi connectivity index (χ3n) is 3.98. The zero-order valence-corrected chi connectivity index (χ0v) is 13.2. The van der Waals surface area contributed by atoms with Crippen molar-refractivity contribution in [1.29, 1.82) is 0 Å². The Bertz CT molecular complexity index is 529. The molecule has 1 unspecified atom stereocenters. The molecule has 0 aliphatic carbocycles. The number of aldehydes is 1. The van der Waals surface area contributed by atoms with Gasteiger partial charge in [-0.3, -0.25) is 9.59 Å². The van der Waals surface area contributed by atoms with E-state index in [9.17, 15) is 9.59 Å². The number of hydrogen-bond donors (Lipinski definition) is 0. The Morgan fingerprint density at radius 2 is 2.27 bits per heavy atom. The molecule has 1 aromatic carbocycles. The van der Waals surface area contributed by atoms with Crippen LogP contribution in [0.15, 0.2) is 18.2 Å². The van der Waals surface area contributed by atoms with Gasteiger partial charge in [0.1, 0.15) is 5.75 Å². The Labute approximate surface area is 131 Å². The molecule has 22 heavy (non-hydrogen) atoms. The molecule has 0 N–H and O–H groups in total. The molecule has 0 aromatic heterocycles. The Kier molecular flexibility index (Phi) is 5.81. The van der Waals surface area contributed by atoms with Crippen LogP contribution in [0.4, 0.5) is 5.69 Å². The lowest BCUT2D eigenvalue weighted by molar-refractivity contribution is -0.144. The number of rotatable bonds is 7. The lowest BCUT2D eigenvalue weighted by Crippen LogP contribution is -2.24. The maximum atomic E-state index is 11.6. The van der Waals surface area contributed by atoms with E-state index in [1.165, 1.54) is 7.11 Å². The van der Waals surface area contributed by atoms with Crippen LogP contribution in [-0.2, 0) is 9.53 Å². The highest BCUT2D eigenvalue weighted by Gasteiger charge is 2.30. The number of unbranched alkanes of at least 4 members (excludes halogenated alkanes) is 1. The second-order valence-corrected chi connectivity index (χ2v) is 5.46. The van der Waals surface area contributed by atoms with Crippen molar-refractivity contribution in [2.45, 2.75) is 26.2 Å². The van der Waals surface area contributed by atoms with E-state index in [4.69, 9.17) is 9.47 Å². The summed E-state index contributed by atoms with van der Waals surface area (Å²) in [6, 6.07) is 5.60. The van der Waals surface area contributed by atoms with Gasteiger partial charge in [0.25, 0.3) is 0 Å². The molecule has 0 spiro atoms. The fourth-order valence-corrected chi connectivity index (χ4v) is 2.72. The van der Waals surface area contributed by atoms with Gasteiger partial charge in [0.05, 0.1) is 30.9 Å². The first-order valence-corrected chi connectivity index (χ1v) is 7.75. The summed E-state index contributed by atoms with van der Waals surface area (Å²) in [7, 11) is 1.41. The van der Waals surface area contributed by atoms with Gasteiger partial charge >= 0.3 is 5.97 Å². The van der Waals surface area contributed by atoms with Crippen molar-refractivity contribution in [3.8, 4) is 5.75 Å². The van der Waals surface area contributed by atoms with E-state index in [0.29, 0.717) is 24.5 Å². The summed E-state index contributed by atoms with van der Waals surface area (Å²) in [5.74, 6) is 0.294. The highest BCUT2D eigenvalue weighted by Crippen LogP contribution is 2.32. The van der Waals surface area contributed by atoms with Gasteiger partial charge in [0, 0.05) is 13.1 Å². The lowest BCUT2D eigenvalue weighted by atomic mass is 10.1. The van der Waals surface area contributed by atoms with Crippen molar-refractivity contribution in [2.24, 2.45) is 5.92 Å². The zero-order chi connectivity index (χ0) is 15.9. The van der Waals surface area contributed by atoms with Crippen molar-refractivity contribution in [3.63, 3.8) is 0 Å². The summed E-state index contributed by atoms with van der Waals surface area (Å²) in [5, 5.41) is 0. The highest BCUT2D eigenvalue weighted by atomic mass is 16.5. The summed E-state index contributed by atoms with van der Waals surface area (Å²) in [4.78, 5) is 25.2. The quantitative estimate of drug-likeness (QED) is 0.440. The van der Waals surface area contributed by atoms with Crippen LogP contribution >= 0.6 is 0 Å². The summed E-state index contributed by atoms with van der Waals surface area (Å²) < 4.78 is 10.5. The van der Waals surface area contributed by atoms with Crippen molar-refractivity contribution in [1.82, 2.24) is 0 Å². The molecular weight excluding hydrogens is 282 g/mol. The Hall–Kier alpha value is -2.04. The maximum absolute atomic E-state index is 11.6. The minimum atomic E-state index is -0.189. The number of benzene rings is 1. The molecule has 0 radical (unpaired) electrons. The topological polar surface area (TPSA) is 55.8 Å². The van der Waals surface area contributed by atoms with Crippen LogP contribution in [0.2, 0.25) is 0 Å². The van der Waals surface area contributed by atoms with Gasteiger partial charge in [-0.25, -0.2) is 0 Å². The first-order chi connectivity index (χ1) is 10.7. The number of anilines is 1. The number of carbonyl (C=O) groups excluding carboxylic acids is 2. The lowest BCUT2D eigenvalue weighted by Gasteiger charge is -2.21. The van der Waals surface area contributed by atoms with Crippen LogP contribution in [0.3, 0.4) is 0 Å². The summed E-state index contributed by atoms with van der Waals surface area (Å²) in [6.45, 7) is 4.01. The first-order valence-electron chi connectivity index (χ1n) is 7.75. The molecule has 5 heteroatoms. The van der Waals surface area contributed by atoms with Crippen LogP contribution in [0.5, 0.6) is 5.75 Å². The van der Waals surface area contributed by atoms with E-state index < -0.39 is 0 Å². The minimum absolute atomic E-state index is 0.130. The fourth-order valence-electron chi connectivity index (χ4n) is 2.72. The Morgan fingerprint density at radius 3 is 2.95 bits per heavy atom. The van der Waals surface area contributed by atoms with E-state index in [2.05, 4.69) is 11.8 Å². The van der Waals surface area contributed by atoms with Gasteiger partial charge in [0.2, 0.25) is 0 Å². The third-order valence-corrected chi connectivity index (χ3v) is 3.98. The van der Waals surface area contributed by atoms with Crippen molar-refractivity contribution < 1.29 is 19.1 Å². The predicted octanol–water partition coefficient (Wildman–Crippen LogP) is 2.68. The van der Waals surface area contributed by atoms with Gasteiger partial charge in [0.15, 0.2) is 6.29 Å². The van der Waals surface area contributed by atoms with Crippen molar-refractivity contribution in [2.75, 3.05) is 31.7 Å². The molecule has 1 atom stereocenters. The van der Waals surface area contributed by atoms with E-state index in [-0.39, 0.29) is 11.9 Å². The average Bonchev–Trinajstić information content (AvgIpc) is 3.04. The maximum Gasteiger partial charge on any atom is 0.310 e. The van der Waals surface area contributed by atoms with Gasteiger partial charge in [-0.15, -0.1) is 0 Å². The smallest absolute Gasteiger partial charge is 0.310 e. The zero-order valence-electron chi connectivity index (χ0n) is 13.2. The summed E-state index contributed by atoms with van der Waals surface area (Å²) >= 11 is 0. The molecule has 1 fully saturated rings. The number of carbonyl (C=O) groups is 2. The van der Waals surface area contributed by atoms with Crippen LogP contribution in [0.25, 0.3) is 0 Å². The van der Waals surface area contributed by atoms with Crippen molar-refractivity contribution in [3.05, 3.63) is 23.8 Å². The fraction of sp³-hybridized carbons (Fsp3) is 0.529. The molecule has 0 amide bonds. The molecule has 1 aliphatic heterocycles. The third kappa shape index (κ3) is 3.59. The van der Waals surface area contributed by atoms with Crippen LogP contribution in [0.1, 0.15) is 36.5 Å². The minimum Gasteiger partial charge on any atom is -0.493 e. The normalized spacial score (nSPS) is 17.4. The molecule has 1 aromatic rings. The first kappa shape index (κ1) is 16.3. The van der Waals surface area contributed by atoms with Crippen LogP contribution in [0, 0.1) is 5.92 Å². The van der Waals surface area contributed by atoms with Crippen molar-refractivity contribution >= 4 is 17.9 Å². The summed E-state index contributed by atoms with van der Waals surface area (Å²) in [5.41, 5.74) is 1.39. The molecule has 1 aliphatic rings. The van der Waals surface area contributed by atoms with Gasteiger partial charge in [-0.2, -0.15) is 0 Å². The number of methoxy groups -OCH3 is 1. The molecule has 5 nitrogen and oxygen atoms in total. The van der Waals surface area contributed by atoms with E-state index in [1.54, 1.807) is 0 Å². The molecule has 1 saturated heterocycles. The number of ether oxygens (including phenoxy) is 2. The molecule has 1 heterocycles. The highest BCUT2D eigenvalue weighted by molar-refractivity contribution is 5.89. The average molecular weight is 305 g/mol. The number of hydrogen-bond acceptors (Lipinski definition) is 5. The monoisotopic (exact) mass is 305 g/mol. The van der Waals surface area contributed by atoms with Gasteiger partial charge in [-0.1, -0.05) is 19.4 Å². The second kappa shape index (κ2) is 7.82.